The van der Waals surface area contributed by atoms with E-state index < -0.39 is 0 Å². The predicted molar refractivity (Wildman–Crippen MR) is 87.7 cm³/mol. The third kappa shape index (κ3) is 4.07. The van der Waals surface area contributed by atoms with E-state index in [1.54, 1.807) is 12.2 Å². The third-order valence-corrected chi connectivity index (χ3v) is 3.47. The van der Waals surface area contributed by atoms with Gasteiger partial charge in [0.1, 0.15) is 0 Å². The van der Waals surface area contributed by atoms with Crippen LogP contribution in [0.25, 0.3) is 6.08 Å². The van der Waals surface area contributed by atoms with Gasteiger partial charge in [0, 0.05) is 16.2 Å². The van der Waals surface area contributed by atoms with Crippen LogP contribution < -0.4 is 5.32 Å². The highest BCUT2D eigenvalue weighted by Gasteiger charge is 2.01. The lowest BCUT2D eigenvalue weighted by Gasteiger charge is -2.07. The summed E-state index contributed by atoms with van der Waals surface area (Å²) in [6.07, 6.45) is 3.34. The van der Waals surface area contributed by atoms with Crippen LogP contribution in [0, 0.1) is 13.8 Å². The minimum absolute atomic E-state index is 0.125. The second kappa shape index (κ2) is 6.53. The van der Waals surface area contributed by atoms with Gasteiger partial charge >= 0.3 is 0 Å². The van der Waals surface area contributed by atoms with Gasteiger partial charge < -0.3 is 5.32 Å². The smallest absolute Gasteiger partial charge is 0.248 e. The first-order chi connectivity index (χ1) is 9.54. The predicted octanol–water partition coefficient (Wildman–Crippen LogP) is 4.72. The number of benzene rings is 2. The highest BCUT2D eigenvalue weighted by Crippen LogP contribution is 2.16. The summed E-state index contributed by atoms with van der Waals surface area (Å²) in [5.41, 5.74) is 4.09. The Hall–Kier alpha value is -1.87. The Balaban J connectivity index is 2.03. The first-order valence-corrected chi connectivity index (χ1v) is 7.16. The molecule has 3 heteroatoms. The lowest BCUT2D eigenvalue weighted by molar-refractivity contribution is -0.111. The zero-order valence-corrected chi connectivity index (χ0v) is 13.1. The molecule has 2 aromatic rings. The van der Waals surface area contributed by atoms with E-state index >= 15 is 0 Å². The number of halogens is 1. The molecule has 0 unspecified atom stereocenters. The van der Waals surface area contributed by atoms with Gasteiger partial charge in [-0.1, -0.05) is 45.8 Å². The lowest BCUT2D eigenvalue weighted by atomic mass is 10.1. The first kappa shape index (κ1) is 14.5. The Morgan fingerprint density at radius 1 is 1.10 bits per heavy atom. The number of rotatable bonds is 3. The maximum absolute atomic E-state index is 11.9. The van der Waals surface area contributed by atoms with Crippen LogP contribution in [0.15, 0.2) is 53.0 Å². The minimum Gasteiger partial charge on any atom is -0.322 e. The summed E-state index contributed by atoms with van der Waals surface area (Å²) in [5, 5.41) is 2.88. The lowest BCUT2D eigenvalue weighted by Crippen LogP contribution is -2.08. The van der Waals surface area contributed by atoms with Crippen molar-refractivity contribution in [1.29, 1.82) is 0 Å². The van der Waals surface area contributed by atoms with E-state index in [2.05, 4.69) is 21.2 Å². The fourth-order valence-corrected chi connectivity index (χ4v) is 2.14. The average Bonchev–Trinajstić information content (AvgIpc) is 2.41. The van der Waals surface area contributed by atoms with Gasteiger partial charge in [-0.2, -0.15) is 0 Å². The summed E-state index contributed by atoms with van der Waals surface area (Å²) in [7, 11) is 0. The van der Waals surface area contributed by atoms with E-state index in [0.29, 0.717) is 0 Å². The maximum atomic E-state index is 11.9. The van der Waals surface area contributed by atoms with Gasteiger partial charge in [-0.3, -0.25) is 4.79 Å². The molecule has 0 radical (unpaired) electrons. The van der Waals surface area contributed by atoms with Crippen molar-refractivity contribution in [3.63, 3.8) is 0 Å². The summed E-state index contributed by atoms with van der Waals surface area (Å²) in [4.78, 5) is 11.9. The second-order valence-corrected chi connectivity index (χ2v) is 5.61. The number of hydrogen-bond acceptors (Lipinski definition) is 1. The van der Waals surface area contributed by atoms with Crippen LogP contribution in [-0.2, 0) is 4.79 Å². The minimum atomic E-state index is -0.125. The highest BCUT2D eigenvalue weighted by atomic mass is 79.9. The van der Waals surface area contributed by atoms with Crippen LogP contribution in [-0.4, -0.2) is 5.91 Å². The molecule has 0 saturated heterocycles. The SMILES string of the molecule is Cc1ccc(NC(=O)/C=C/c2ccc(Br)cc2)c(C)c1. The van der Waals surface area contributed by atoms with E-state index in [9.17, 15) is 4.79 Å². The fraction of sp³-hybridized carbons (Fsp3) is 0.118. The van der Waals surface area contributed by atoms with Crippen molar-refractivity contribution in [2.75, 3.05) is 5.32 Å². The molecule has 0 aliphatic carbocycles. The van der Waals surface area contributed by atoms with Crippen LogP contribution in [0.3, 0.4) is 0 Å². The zero-order chi connectivity index (χ0) is 14.5. The fourth-order valence-electron chi connectivity index (χ4n) is 1.87. The largest absolute Gasteiger partial charge is 0.322 e. The van der Waals surface area contributed by atoms with Crippen LogP contribution in [0.1, 0.15) is 16.7 Å². The topological polar surface area (TPSA) is 29.1 Å². The number of amides is 1. The van der Waals surface area contributed by atoms with Crippen molar-refractivity contribution in [2.45, 2.75) is 13.8 Å². The zero-order valence-electron chi connectivity index (χ0n) is 11.5. The number of hydrogen-bond donors (Lipinski definition) is 1. The first-order valence-electron chi connectivity index (χ1n) is 6.36. The molecule has 0 aromatic heterocycles. The van der Waals surface area contributed by atoms with Crippen molar-refractivity contribution >= 4 is 33.6 Å². The summed E-state index contributed by atoms with van der Waals surface area (Å²) >= 11 is 3.38. The number of carbonyl (C=O) groups excluding carboxylic acids is 1. The van der Waals surface area contributed by atoms with E-state index in [1.807, 2.05) is 56.3 Å². The van der Waals surface area contributed by atoms with E-state index in [4.69, 9.17) is 0 Å². The quantitative estimate of drug-likeness (QED) is 0.811. The molecule has 2 rings (SSSR count). The van der Waals surface area contributed by atoms with Crippen molar-refractivity contribution in [3.05, 3.63) is 69.7 Å². The standard InChI is InChI=1S/C17H16BrNO/c1-12-3-9-16(13(2)11-12)19-17(20)10-6-14-4-7-15(18)8-5-14/h3-11H,1-2H3,(H,19,20)/b10-6+. The molecule has 0 saturated carbocycles. The molecule has 0 heterocycles. The molecule has 102 valence electrons. The van der Waals surface area contributed by atoms with Crippen molar-refractivity contribution in [2.24, 2.45) is 0 Å². The summed E-state index contributed by atoms with van der Waals surface area (Å²) in [5.74, 6) is -0.125. The van der Waals surface area contributed by atoms with Crippen LogP contribution in [0.4, 0.5) is 5.69 Å². The van der Waals surface area contributed by atoms with Crippen molar-refractivity contribution in [1.82, 2.24) is 0 Å². The molecule has 1 N–H and O–H groups in total. The maximum Gasteiger partial charge on any atom is 0.248 e. The van der Waals surface area contributed by atoms with Gasteiger partial charge in [0.15, 0.2) is 0 Å². The molecule has 2 aromatic carbocycles. The number of nitrogens with one attached hydrogen (secondary N) is 1. The average molecular weight is 330 g/mol. The monoisotopic (exact) mass is 329 g/mol. The Kier molecular flexibility index (Phi) is 4.74. The molecule has 1 amide bonds. The Morgan fingerprint density at radius 2 is 1.80 bits per heavy atom. The molecule has 2 nitrogen and oxygen atoms in total. The van der Waals surface area contributed by atoms with Crippen LogP contribution in [0.5, 0.6) is 0 Å². The molecule has 0 bridgehead atoms. The van der Waals surface area contributed by atoms with E-state index in [-0.39, 0.29) is 5.91 Å². The Bertz CT molecular complexity index is 645. The molecule has 0 spiro atoms. The van der Waals surface area contributed by atoms with Crippen molar-refractivity contribution < 1.29 is 4.79 Å². The van der Waals surface area contributed by atoms with Gasteiger partial charge in [-0.15, -0.1) is 0 Å². The van der Waals surface area contributed by atoms with Gasteiger partial charge in [0.25, 0.3) is 0 Å². The normalized spacial score (nSPS) is 10.8. The van der Waals surface area contributed by atoms with Crippen LogP contribution >= 0.6 is 15.9 Å². The summed E-state index contributed by atoms with van der Waals surface area (Å²) < 4.78 is 1.02. The van der Waals surface area contributed by atoms with Crippen LogP contribution in [0.2, 0.25) is 0 Å². The molecule has 0 aliphatic heterocycles. The number of carbonyl (C=O) groups is 1. The molecular formula is C17H16BrNO. The Morgan fingerprint density at radius 3 is 2.45 bits per heavy atom. The summed E-state index contributed by atoms with van der Waals surface area (Å²) in [6, 6.07) is 13.8. The molecule has 0 aliphatic rings. The molecule has 0 atom stereocenters. The second-order valence-electron chi connectivity index (χ2n) is 4.69. The van der Waals surface area contributed by atoms with Gasteiger partial charge in [-0.25, -0.2) is 0 Å². The van der Waals surface area contributed by atoms with Gasteiger partial charge in [0.2, 0.25) is 5.91 Å². The molecule has 20 heavy (non-hydrogen) atoms. The number of anilines is 1. The molecular weight excluding hydrogens is 314 g/mol. The van der Waals surface area contributed by atoms with E-state index in [0.717, 1.165) is 21.3 Å². The Labute approximate surface area is 127 Å². The van der Waals surface area contributed by atoms with Gasteiger partial charge in [-0.05, 0) is 49.2 Å². The summed E-state index contributed by atoms with van der Waals surface area (Å²) in [6.45, 7) is 4.02. The third-order valence-electron chi connectivity index (χ3n) is 2.94. The molecule has 0 fully saturated rings. The van der Waals surface area contributed by atoms with Gasteiger partial charge in [0.05, 0.1) is 0 Å². The number of aryl methyl sites for hydroxylation is 2. The highest BCUT2D eigenvalue weighted by molar-refractivity contribution is 9.10. The van der Waals surface area contributed by atoms with Crippen molar-refractivity contribution in [3.8, 4) is 0 Å². The van der Waals surface area contributed by atoms with E-state index in [1.165, 1.54) is 5.56 Å².